The molecule has 0 aliphatic carbocycles. The van der Waals surface area contributed by atoms with Crippen LogP contribution in [-0.2, 0) is 11.2 Å². The van der Waals surface area contributed by atoms with E-state index in [2.05, 4.69) is 5.32 Å². The Morgan fingerprint density at radius 3 is 2.40 bits per heavy atom. The van der Waals surface area contributed by atoms with Crippen molar-refractivity contribution in [1.29, 1.82) is 0 Å². The Kier molecular flexibility index (Phi) is 5.93. The second-order valence-corrected chi connectivity index (χ2v) is 6.51. The number of hydrogen-bond acceptors (Lipinski definition) is 4. The number of thiophene rings is 1. The van der Waals surface area contributed by atoms with Crippen molar-refractivity contribution in [3.05, 3.63) is 52.4 Å². The minimum absolute atomic E-state index is 0.277. The molecule has 1 atom stereocenters. The van der Waals surface area contributed by atoms with Crippen LogP contribution in [0.1, 0.15) is 40.1 Å². The molecule has 7 heteroatoms. The number of nitrogens with zero attached hydrogens (tertiary/aromatic N) is 1. The maximum Gasteiger partial charge on any atom is 0.326 e. The number of carbonyl (C=O) groups is 3. The highest BCUT2D eigenvalue weighted by Gasteiger charge is 2.25. The number of aryl methyl sites for hydroxylation is 1. The Morgan fingerprint density at radius 2 is 1.84 bits per heavy atom. The van der Waals surface area contributed by atoms with Crippen molar-refractivity contribution in [1.82, 2.24) is 4.90 Å². The summed E-state index contributed by atoms with van der Waals surface area (Å²) >= 11 is 1.22. The Balaban J connectivity index is 2.16. The van der Waals surface area contributed by atoms with Crippen LogP contribution < -0.4 is 5.32 Å². The van der Waals surface area contributed by atoms with Crippen molar-refractivity contribution in [2.24, 2.45) is 0 Å². The third-order valence-electron chi connectivity index (χ3n) is 4.01. The van der Waals surface area contributed by atoms with Gasteiger partial charge in [0, 0.05) is 12.6 Å². The molecule has 1 heterocycles. The number of likely N-dealkylation sites (N-methyl/N-ethyl adjacent to an activating group) is 1. The first-order valence-corrected chi connectivity index (χ1v) is 8.70. The largest absolute Gasteiger partial charge is 0.480 e. The lowest BCUT2D eigenvalue weighted by Crippen LogP contribution is -2.40. The fourth-order valence-corrected chi connectivity index (χ4v) is 2.95. The van der Waals surface area contributed by atoms with Crippen LogP contribution in [0.25, 0.3) is 0 Å². The lowest BCUT2D eigenvalue weighted by Gasteiger charge is -2.21. The second-order valence-electron chi connectivity index (χ2n) is 5.60. The van der Waals surface area contributed by atoms with Crippen molar-refractivity contribution in [3.63, 3.8) is 0 Å². The van der Waals surface area contributed by atoms with E-state index in [1.165, 1.54) is 25.3 Å². The minimum atomic E-state index is -1.09. The summed E-state index contributed by atoms with van der Waals surface area (Å²) in [4.78, 5) is 37.1. The number of hydrogen-bond donors (Lipinski definition) is 2. The van der Waals surface area contributed by atoms with Gasteiger partial charge in [-0.2, -0.15) is 0 Å². The van der Waals surface area contributed by atoms with Gasteiger partial charge in [-0.25, -0.2) is 4.79 Å². The summed E-state index contributed by atoms with van der Waals surface area (Å²) in [5.74, 6) is -1.85. The van der Waals surface area contributed by atoms with Gasteiger partial charge in [-0.1, -0.05) is 19.1 Å². The van der Waals surface area contributed by atoms with Gasteiger partial charge >= 0.3 is 5.97 Å². The molecule has 0 aliphatic rings. The summed E-state index contributed by atoms with van der Waals surface area (Å²) < 4.78 is 0. The molecule has 1 unspecified atom stereocenters. The maximum absolute atomic E-state index is 12.5. The molecule has 1 aromatic heterocycles. The van der Waals surface area contributed by atoms with Crippen LogP contribution >= 0.6 is 11.3 Å². The van der Waals surface area contributed by atoms with Gasteiger partial charge in [0.05, 0.1) is 5.56 Å². The standard InChI is InChI=1S/C18H20N2O4S/c1-4-12-5-7-13(8-6-12)15(21)19-16-14(9-10-25-16)17(22)20(3)11(2)18(23)24/h5-11H,4H2,1-3H3,(H,19,21)(H,23,24). The number of benzene rings is 1. The molecule has 2 aromatic rings. The molecule has 6 nitrogen and oxygen atoms in total. The zero-order chi connectivity index (χ0) is 18.6. The number of anilines is 1. The van der Waals surface area contributed by atoms with E-state index < -0.39 is 17.9 Å². The predicted molar refractivity (Wildman–Crippen MR) is 97.3 cm³/mol. The van der Waals surface area contributed by atoms with E-state index in [0.29, 0.717) is 10.6 Å². The van der Waals surface area contributed by atoms with Crippen LogP contribution in [0.3, 0.4) is 0 Å². The van der Waals surface area contributed by atoms with Crippen LogP contribution in [0.5, 0.6) is 0 Å². The third-order valence-corrected chi connectivity index (χ3v) is 4.84. The molecule has 0 fully saturated rings. The monoisotopic (exact) mass is 360 g/mol. The predicted octanol–water partition coefficient (Wildman–Crippen LogP) is 3.11. The lowest BCUT2D eigenvalue weighted by molar-refractivity contribution is -0.141. The Bertz CT molecular complexity index is 783. The van der Waals surface area contributed by atoms with Gasteiger partial charge < -0.3 is 15.3 Å². The van der Waals surface area contributed by atoms with Crippen molar-refractivity contribution in [2.75, 3.05) is 12.4 Å². The van der Waals surface area contributed by atoms with Crippen LogP contribution in [0.2, 0.25) is 0 Å². The molecule has 1 aromatic carbocycles. The molecule has 0 aliphatic heterocycles. The summed E-state index contributed by atoms with van der Waals surface area (Å²) in [7, 11) is 1.42. The molecule has 0 saturated carbocycles. The van der Waals surface area contributed by atoms with E-state index >= 15 is 0 Å². The lowest BCUT2D eigenvalue weighted by atomic mass is 10.1. The Labute approximate surface area is 150 Å². The zero-order valence-corrected chi connectivity index (χ0v) is 15.1. The first-order chi connectivity index (χ1) is 11.8. The van der Waals surface area contributed by atoms with Gasteiger partial charge in [-0.3, -0.25) is 9.59 Å². The van der Waals surface area contributed by atoms with Gasteiger partial charge in [-0.05, 0) is 42.5 Å². The van der Waals surface area contributed by atoms with Gasteiger partial charge in [0.25, 0.3) is 11.8 Å². The number of aliphatic carboxylic acids is 1. The van der Waals surface area contributed by atoms with Crippen molar-refractivity contribution >= 4 is 34.1 Å². The third kappa shape index (κ3) is 4.24. The van der Waals surface area contributed by atoms with Gasteiger partial charge in [-0.15, -0.1) is 11.3 Å². The zero-order valence-electron chi connectivity index (χ0n) is 14.3. The van der Waals surface area contributed by atoms with Gasteiger partial charge in [0.15, 0.2) is 0 Å². The number of carboxylic acid groups (broad SMARTS) is 1. The van der Waals surface area contributed by atoms with Crippen molar-refractivity contribution < 1.29 is 19.5 Å². The van der Waals surface area contributed by atoms with Gasteiger partial charge in [0.2, 0.25) is 0 Å². The highest BCUT2D eigenvalue weighted by molar-refractivity contribution is 7.14. The Hall–Kier alpha value is -2.67. The summed E-state index contributed by atoms with van der Waals surface area (Å²) in [6.45, 7) is 3.47. The molecular weight excluding hydrogens is 340 g/mol. The fraction of sp³-hybridized carbons (Fsp3) is 0.278. The Morgan fingerprint density at radius 1 is 1.20 bits per heavy atom. The summed E-state index contributed by atoms with van der Waals surface area (Å²) in [5, 5.41) is 13.9. The topological polar surface area (TPSA) is 86.7 Å². The molecule has 2 N–H and O–H groups in total. The molecule has 25 heavy (non-hydrogen) atoms. The van der Waals surface area contributed by atoms with E-state index in [1.54, 1.807) is 23.6 Å². The van der Waals surface area contributed by atoms with Gasteiger partial charge in [0.1, 0.15) is 11.0 Å². The summed E-state index contributed by atoms with van der Waals surface area (Å²) in [6, 6.07) is 7.87. The second kappa shape index (κ2) is 7.94. The van der Waals surface area contributed by atoms with Crippen LogP contribution in [0.15, 0.2) is 35.7 Å². The van der Waals surface area contributed by atoms with E-state index in [-0.39, 0.29) is 11.5 Å². The maximum atomic E-state index is 12.5. The molecular formula is C18H20N2O4S. The van der Waals surface area contributed by atoms with Crippen LogP contribution in [0.4, 0.5) is 5.00 Å². The summed E-state index contributed by atoms with van der Waals surface area (Å²) in [5.41, 5.74) is 1.91. The number of carbonyl (C=O) groups excluding carboxylic acids is 2. The van der Waals surface area contributed by atoms with Crippen LogP contribution in [0, 0.1) is 0 Å². The van der Waals surface area contributed by atoms with Crippen molar-refractivity contribution in [3.8, 4) is 0 Å². The molecule has 0 bridgehead atoms. The molecule has 0 saturated heterocycles. The van der Waals surface area contributed by atoms with E-state index in [4.69, 9.17) is 5.11 Å². The number of amides is 2. The minimum Gasteiger partial charge on any atom is -0.480 e. The number of rotatable bonds is 6. The molecule has 0 radical (unpaired) electrons. The normalized spacial score (nSPS) is 11.6. The highest BCUT2D eigenvalue weighted by atomic mass is 32.1. The SMILES string of the molecule is CCc1ccc(C(=O)Nc2sccc2C(=O)N(C)C(C)C(=O)O)cc1. The van der Waals surface area contributed by atoms with E-state index in [1.807, 2.05) is 19.1 Å². The quantitative estimate of drug-likeness (QED) is 0.829. The fourth-order valence-electron chi connectivity index (χ4n) is 2.17. The smallest absolute Gasteiger partial charge is 0.326 e. The molecule has 2 amide bonds. The first-order valence-electron chi connectivity index (χ1n) is 7.82. The molecule has 0 spiro atoms. The molecule has 2 rings (SSSR count). The van der Waals surface area contributed by atoms with Crippen LogP contribution in [-0.4, -0.2) is 40.9 Å². The number of nitrogens with one attached hydrogen (secondary N) is 1. The molecule has 132 valence electrons. The number of carboxylic acids is 1. The van der Waals surface area contributed by atoms with E-state index in [9.17, 15) is 14.4 Å². The van der Waals surface area contributed by atoms with Crippen molar-refractivity contribution in [2.45, 2.75) is 26.3 Å². The average molecular weight is 360 g/mol. The highest BCUT2D eigenvalue weighted by Crippen LogP contribution is 2.25. The first kappa shape index (κ1) is 18.7. The summed E-state index contributed by atoms with van der Waals surface area (Å²) in [6.07, 6.45) is 0.888. The van der Waals surface area contributed by atoms with E-state index in [0.717, 1.165) is 16.9 Å². The average Bonchev–Trinajstić information content (AvgIpc) is 3.07.